The molecule has 1 N–H and O–H groups in total. The fourth-order valence-electron chi connectivity index (χ4n) is 2.19. The number of aliphatic imine (C=N–C) groups is 1. The lowest BCUT2D eigenvalue weighted by atomic mass is 9.95. The number of amidine groups is 1. The summed E-state index contributed by atoms with van der Waals surface area (Å²) in [5.41, 5.74) is 0. The van der Waals surface area contributed by atoms with Gasteiger partial charge >= 0.3 is 0 Å². The molecule has 14 heavy (non-hydrogen) atoms. The highest BCUT2D eigenvalue weighted by Crippen LogP contribution is 2.14. The van der Waals surface area contributed by atoms with Crippen molar-refractivity contribution in [2.75, 3.05) is 6.54 Å². The smallest absolute Gasteiger partial charge is 0.0965 e. The Kier molecular flexibility index (Phi) is 4.99. The molecule has 1 atom stereocenters. The van der Waals surface area contributed by atoms with Crippen LogP contribution in [0.15, 0.2) is 4.99 Å². The van der Waals surface area contributed by atoms with Crippen molar-refractivity contribution in [3.8, 4) is 0 Å². The molecule has 1 heterocycles. The van der Waals surface area contributed by atoms with Gasteiger partial charge in [-0.25, -0.2) is 0 Å². The van der Waals surface area contributed by atoms with E-state index in [1.165, 1.54) is 31.5 Å². The van der Waals surface area contributed by atoms with E-state index in [2.05, 4.69) is 31.1 Å². The minimum atomic E-state index is 0.585. The third-order valence-corrected chi connectivity index (χ3v) is 3.27. The van der Waals surface area contributed by atoms with Crippen LogP contribution in [-0.2, 0) is 0 Å². The lowest BCUT2D eigenvalue weighted by Gasteiger charge is -2.25. The van der Waals surface area contributed by atoms with Crippen molar-refractivity contribution in [2.45, 2.75) is 58.9 Å². The van der Waals surface area contributed by atoms with Crippen LogP contribution in [-0.4, -0.2) is 18.4 Å². The summed E-state index contributed by atoms with van der Waals surface area (Å²) in [6.07, 6.45) is 6.26. The summed E-state index contributed by atoms with van der Waals surface area (Å²) in [6.45, 7) is 7.86. The Morgan fingerprint density at radius 3 is 2.50 bits per heavy atom. The normalized spacial score (nSPS) is 19.3. The van der Waals surface area contributed by atoms with E-state index in [9.17, 15) is 0 Å². The molecule has 0 aromatic rings. The third-order valence-electron chi connectivity index (χ3n) is 3.27. The lowest BCUT2D eigenvalue weighted by Crippen LogP contribution is -2.38. The summed E-state index contributed by atoms with van der Waals surface area (Å²) in [6, 6.07) is 0.585. The first kappa shape index (κ1) is 11.5. The van der Waals surface area contributed by atoms with Crippen molar-refractivity contribution in [3.63, 3.8) is 0 Å². The molecule has 82 valence electrons. The van der Waals surface area contributed by atoms with Gasteiger partial charge in [-0.1, -0.05) is 26.7 Å². The van der Waals surface area contributed by atoms with E-state index >= 15 is 0 Å². The summed E-state index contributed by atoms with van der Waals surface area (Å²) in [4.78, 5) is 4.53. The monoisotopic (exact) mass is 196 g/mol. The summed E-state index contributed by atoms with van der Waals surface area (Å²) < 4.78 is 0. The highest BCUT2D eigenvalue weighted by Gasteiger charge is 2.15. The maximum atomic E-state index is 4.53. The van der Waals surface area contributed by atoms with Gasteiger partial charge in [0.2, 0.25) is 0 Å². The van der Waals surface area contributed by atoms with E-state index in [0.717, 1.165) is 18.9 Å². The van der Waals surface area contributed by atoms with Crippen LogP contribution in [0.4, 0.5) is 0 Å². The molecule has 0 aromatic heterocycles. The number of hydrogen-bond acceptors (Lipinski definition) is 2. The zero-order valence-corrected chi connectivity index (χ0v) is 9.84. The van der Waals surface area contributed by atoms with Crippen LogP contribution in [0.5, 0.6) is 0 Å². The molecule has 0 bridgehead atoms. The average molecular weight is 196 g/mol. The molecule has 0 saturated heterocycles. The van der Waals surface area contributed by atoms with Gasteiger partial charge in [0, 0.05) is 19.0 Å². The second-order valence-corrected chi connectivity index (χ2v) is 4.30. The van der Waals surface area contributed by atoms with Gasteiger partial charge in [-0.05, 0) is 25.7 Å². The van der Waals surface area contributed by atoms with Crippen LogP contribution < -0.4 is 5.32 Å². The van der Waals surface area contributed by atoms with Crippen LogP contribution >= 0.6 is 0 Å². The highest BCUT2D eigenvalue weighted by molar-refractivity contribution is 5.82. The molecule has 1 aliphatic rings. The first-order valence-corrected chi connectivity index (χ1v) is 6.07. The molecule has 1 aliphatic heterocycles. The largest absolute Gasteiger partial charge is 0.371 e. The maximum Gasteiger partial charge on any atom is 0.0965 e. The van der Waals surface area contributed by atoms with Crippen LogP contribution in [0, 0.1) is 5.92 Å². The first-order chi connectivity index (χ1) is 6.77. The highest BCUT2D eigenvalue weighted by atomic mass is 15.0. The maximum absolute atomic E-state index is 4.53. The van der Waals surface area contributed by atoms with Crippen LogP contribution in [0.25, 0.3) is 0 Å². The molecular formula is C12H24N2. The van der Waals surface area contributed by atoms with Gasteiger partial charge in [0.25, 0.3) is 0 Å². The van der Waals surface area contributed by atoms with Crippen molar-refractivity contribution in [1.29, 1.82) is 0 Å². The van der Waals surface area contributed by atoms with Crippen molar-refractivity contribution in [1.82, 2.24) is 5.32 Å². The fourth-order valence-corrected chi connectivity index (χ4v) is 2.19. The molecule has 1 rings (SSSR count). The number of nitrogens with one attached hydrogen (secondary N) is 1. The first-order valence-electron chi connectivity index (χ1n) is 6.07. The summed E-state index contributed by atoms with van der Waals surface area (Å²) in [7, 11) is 0. The molecule has 0 aromatic carbocycles. The van der Waals surface area contributed by atoms with E-state index in [1.54, 1.807) is 0 Å². The zero-order valence-electron chi connectivity index (χ0n) is 9.84. The Bertz CT molecular complexity index is 183. The van der Waals surface area contributed by atoms with Gasteiger partial charge in [-0.15, -0.1) is 0 Å². The Balaban J connectivity index is 2.38. The predicted octanol–water partition coefficient (Wildman–Crippen LogP) is 2.98. The lowest BCUT2D eigenvalue weighted by molar-refractivity contribution is 0.388. The molecule has 0 spiro atoms. The molecule has 2 nitrogen and oxygen atoms in total. The number of rotatable bonds is 4. The van der Waals surface area contributed by atoms with E-state index in [-0.39, 0.29) is 0 Å². The molecule has 0 saturated carbocycles. The molecule has 0 fully saturated rings. The summed E-state index contributed by atoms with van der Waals surface area (Å²) in [5.74, 6) is 2.04. The van der Waals surface area contributed by atoms with Gasteiger partial charge in [0.1, 0.15) is 0 Å². The van der Waals surface area contributed by atoms with Crippen molar-refractivity contribution in [3.05, 3.63) is 0 Å². The van der Waals surface area contributed by atoms with Crippen molar-refractivity contribution < 1.29 is 0 Å². The van der Waals surface area contributed by atoms with Gasteiger partial charge < -0.3 is 5.32 Å². The number of hydrogen-bond donors (Lipinski definition) is 1. The van der Waals surface area contributed by atoms with E-state index in [0.29, 0.717) is 6.04 Å². The summed E-state index contributed by atoms with van der Waals surface area (Å²) in [5, 5.41) is 3.57. The second kappa shape index (κ2) is 6.05. The Labute approximate surface area is 88.2 Å². The minimum absolute atomic E-state index is 0.585. The Hall–Kier alpha value is -0.530. The van der Waals surface area contributed by atoms with Gasteiger partial charge in [-0.3, -0.25) is 4.99 Å². The van der Waals surface area contributed by atoms with Crippen molar-refractivity contribution >= 4 is 5.84 Å². The van der Waals surface area contributed by atoms with Crippen LogP contribution in [0.1, 0.15) is 52.9 Å². The quantitative estimate of drug-likeness (QED) is 0.734. The second-order valence-electron chi connectivity index (χ2n) is 4.30. The number of nitrogens with zero attached hydrogens (tertiary/aromatic N) is 1. The summed E-state index contributed by atoms with van der Waals surface area (Å²) >= 11 is 0. The van der Waals surface area contributed by atoms with E-state index in [4.69, 9.17) is 0 Å². The molecule has 0 radical (unpaired) electrons. The Morgan fingerprint density at radius 1 is 1.29 bits per heavy atom. The van der Waals surface area contributed by atoms with Crippen LogP contribution in [0.2, 0.25) is 0 Å². The topological polar surface area (TPSA) is 24.4 Å². The average Bonchev–Trinajstić information content (AvgIpc) is 2.21. The minimum Gasteiger partial charge on any atom is -0.371 e. The molecule has 1 unspecified atom stereocenters. The van der Waals surface area contributed by atoms with Crippen molar-refractivity contribution in [2.24, 2.45) is 10.9 Å². The zero-order chi connectivity index (χ0) is 10.4. The van der Waals surface area contributed by atoms with Gasteiger partial charge in [0.15, 0.2) is 0 Å². The van der Waals surface area contributed by atoms with E-state index < -0.39 is 0 Å². The third kappa shape index (κ3) is 3.32. The van der Waals surface area contributed by atoms with Gasteiger partial charge in [-0.2, -0.15) is 0 Å². The van der Waals surface area contributed by atoms with Gasteiger partial charge in [0.05, 0.1) is 5.84 Å². The molecule has 0 aliphatic carbocycles. The molecule has 2 heteroatoms. The standard InChI is InChI=1S/C12H24N2/c1-4-11(5-2)10(3)14-12-8-6-7-9-13-12/h10-11H,4-9H2,1-3H3,(H,13,14). The molecular weight excluding hydrogens is 172 g/mol. The SMILES string of the molecule is CCC(CC)C(C)NC1=NCCCC1. The van der Waals surface area contributed by atoms with E-state index in [1.807, 2.05) is 0 Å². The molecule has 0 amide bonds. The Morgan fingerprint density at radius 2 is 2.00 bits per heavy atom. The predicted molar refractivity (Wildman–Crippen MR) is 62.8 cm³/mol. The van der Waals surface area contributed by atoms with Crippen LogP contribution in [0.3, 0.4) is 0 Å². The fraction of sp³-hybridized carbons (Fsp3) is 0.917.